The van der Waals surface area contributed by atoms with Crippen LogP contribution in [0.25, 0.3) is 5.65 Å². The number of aliphatic hydroxyl groups excluding tert-OH is 1. The molecule has 4 heterocycles. The molecule has 1 aliphatic rings. The predicted molar refractivity (Wildman–Crippen MR) is 113 cm³/mol. The van der Waals surface area contributed by atoms with Crippen LogP contribution in [0.5, 0.6) is 0 Å². The highest BCUT2D eigenvalue weighted by molar-refractivity contribution is 9.10. The zero-order valence-corrected chi connectivity index (χ0v) is 17.5. The molecule has 148 valence electrons. The van der Waals surface area contributed by atoms with Crippen LogP contribution < -0.4 is 10.2 Å². The lowest BCUT2D eigenvalue weighted by Gasteiger charge is -2.39. The molecule has 2 N–H and O–H groups in total. The normalized spacial score (nSPS) is 19.9. The molecule has 0 aliphatic carbocycles. The lowest BCUT2D eigenvalue weighted by molar-refractivity contribution is 0.212. The predicted octanol–water partition coefficient (Wildman–Crippen LogP) is 3.49. The summed E-state index contributed by atoms with van der Waals surface area (Å²) in [6.07, 6.45) is 8.66. The largest absolute Gasteiger partial charge is 0.394 e. The van der Waals surface area contributed by atoms with E-state index in [2.05, 4.69) is 43.2 Å². The van der Waals surface area contributed by atoms with Crippen molar-refractivity contribution in [2.45, 2.75) is 38.8 Å². The SMILES string of the molecule is CC[C@@H]1CCN(c2cc(NCc3cccnc3)n3ncc(Br)c3n2)C(CO)C1. The van der Waals surface area contributed by atoms with E-state index in [9.17, 15) is 5.11 Å². The van der Waals surface area contributed by atoms with E-state index in [1.54, 1.807) is 16.9 Å². The van der Waals surface area contributed by atoms with Crippen molar-refractivity contribution in [2.24, 2.45) is 5.92 Å². The molecule has 4 rings (SSSR count). The molecule has 28 heavy (non-hydrogen) atoms. The van der Waals surface area contributed by atoms with Gasteiger partial charge in [-0.1, -0.05) is 19.4 Å². The van der Waals surface area contributed by atoms with Crippen LogP contribution in [-0.4, -0.2) is 43.9 Å². The van der Waals surface area contributed by atoms with Gasteiger partial charge in [0.15, 0.2) is 5.65 Å². The summed E-state index contributed by atoms with van der Waals surface area (Å²) in [4.78, 5) is 11.2. The fourth-order valence-corrected chi connectivity index (χ4v) is 4.22. The van der Waals surface area contributed by atoms with Crippen LogP contribution in [-0.2, 0) is 6.54 Å². The molecule has 0 bridgehead atoms. The van der Waals surface area contributed by atoms with Gasteiger partial charge in [0, 0.05) is 31.5 Å². The third kappa shape index (κ3) is 3.84. The molecule has 8 heteroatoms. The minimum atomic E-state index is 0.0986. The highest BCUT2D eigenvalue weighted by Gasteiger charge is 2.29. The van der Waals surface area contributed by atoms with E-state index in [1.165, 1.54) is 0 Å². The molecule has 0 spiro atoms. The Labute approximate surface area is 172 Å². The maximum atomic E-state index is 9.97. The first-order valence-corrected chi connectivity index (χ1v) is 10.5. The fourth-order valence-electron chi connectivity index (χ4n) is 3.87. The summed E-state index contributed by atoms with van der Waals surface area (Å²) < 4.78 is 2.65. The zero-order valence-electron chi connectivity index (χ0n) is 15.9. The number of rotatable bonds is 6. The van der Waals surface area contributed by atoms with Crippen molar-refractivity contribution >= 4 is 33.2 Å². The summed E-state index contributed by atoms with van der Waals surface area (Å²) in [5.74, 6) is 2.40. The Bertz CT molecular complexity index is 931. The van der Waals surface area contributed by atoms with E-state index >= 15 is 0 Å². The van der Waals surface area contributed by atoms with E-state index in [0.29, 0.717) is 12.5 Å². The number of halogens is 1. The number of piperidine rings is 1. The number of nitrogens with zero attached hydrogens (tertiary/aromatic N) is 5. The lowest BCUT2D eigenvalue weighted by atomic mass is 9.89. The lowest BCUT2D eigenvalue weighted by Crippen LogP contribution is -2.45. The van der Waals surface area contributed by atoms with Gasteiger partial charge in [-0.05, 0) is 46.3 Å². The van der Waals surface area contributed by atoms with Crippen molar-refractivity contribution in [1.82, 2.24) is 19.6 Å². The molecule has 7 nitrogen and oxygen atoms in total. The Hall–Kier alpha value is -2.19. The smallest absolute Gasteiger partial charge is 0.173 e. The van der Waals surface area contributed by atoms with Gasteiger partial charge < -0.3 is 15.3 Å². The average molecular weight is 445 g/mol. The zero-order chi connectivity index (χ0) is 19.5. The third-order valence-corrected chi connectivity index (χ3v) is 6.08. The number of anilines is 2. The van der Waals surface area contributed by atoms with Gasteiger partial charge in [0.25, 0.3) is 0 Å². The van der Waals surface area contributed by atoms with Crippen molar-refractivity contribution in [3.8, 4) is 0 Å². The first-order valence-electron chi connectivity index (χ1n) is 9.74. The second kappa shape index (κ2) is 8.45. The van der Waals surface area contributed by atoms with Crippen LogP contribution in [0.4, 0.5) is 11.6 Å². The van der Waals surface area contributed by atoms with Crippen LogP contribution in [0.15, 0.2) is 41.3 Å². The maximum Gasteiger partial charge on any atom is 0.173 e. The van der Waals surface area contributed by atoms with Crippen molar-refractivity contribution in [3.63, 3.8) is 0 Å². The van der Waals surface area contributed by atoms with E-state index in [4.69, 9.17) is 4.98 Å². The summed E-state index contributed by atoms with van der Waals surface area (Å²) in [6.45, 7) is 3.91. The Morgan fingerprint density at radius 2 is 2.25 bits per heavy atom. The van der Waals surface area contributed by atoms with Crippen molar-refractivity contribution in [2.75, 3.05) is 23.4 Å². The minimum absolute atomic E-state index is 0.0986. The number of hydrogen-bond acceptors (Lipinski definition) is 6. The first-order chi connectivity index (χ1) is 13.7. The van der Waals surface area contributed by atoms with E-state index in [0.717, 1.165) is 53.1 Å². The van der Waals surface area contributed by atoms with Gasteiger partial charge in [-0.2, -0.15) is 9.61 Å². The van der Waals surface area contributed by atoms with Gasteiger partial charge in [-0.15, -0.1) is 0 Å². The topological polar surface area (TPSA) is 78.6 Å². The molecule has 2 atom stereocenters. The highest BCUT2D eigenvalue weighted by Crippen LogP contribution is 2.31. The number of aliphatic hydroxyl groups is 1. The minimum Gasteiger partial charge on any atom is -0.394 e. The molecule has 0 saturated carbocycles. The summed E-state index contributed by atoms with van der Waals surface area (Å²) in [6, 6.07) is 6.09. The van der Waals surface area contributed by atoms with Crippen LogP contribution in [0.3, 0.4) is 0 Å². The second-order valence-corrected chi connectivity index (χ2v) is 8.13. The van der Waals surface area contributed by atoms with Crippen molar-refractivity contribution in [1.29, 1.82) is 0 Å². The summed E-state index contributed by atoms with van der Waals surface area (Å²) in [7, 11) is 0. The Kier molecular flexibility index (Phi) is 5.77. The molecule has 0 amide bonds. The highest BCUT2D eigenvalue weighted by atomic mass is 79.9. The molecular weight excluding hydrogens is 420 g/mol. The van der Waals surface area contributed by atoms with Crippen LogP contribution in [0.2, 0.25) is 0 Å². The van der Waals surface area contributed by atoms with Crippen LogP contribution in [0, 0.1) is 5.92 Å². The molecule has 1 fully saturated rings. The summed E-state index contributed by atoms with van der Waals surface area (Å²) in [5.41, 5.74) is 1.86. The van der Waals surface area contributed by atoms with E-state index in [-0.39, 0.29) is 12.6 Å². The quantitative estimate of drug-likeness (QED) is 0.605. The number of aromatic nitrogens is 4. The molecule has 3 aromatic rings. The van der Waals surface area contributed by atoms with Crippen molar-refractivity contribution < 1.29 is 5.11 Å². The second-order valence-electron chi connectivity index (χ2n) is 7.27. The molecule has 0 radical (unpaired) electrons. The number of pyridine rings is 1. The molecule has 0 aromatic carbocycles. The monoisotopic (exact) mass is 444 g/mol. The molecule has 1 unspecified atom stereocenters. The van der Waals surface area contributed by atoms with Gasteiger partial charge in [-0.3, -0.25) is 4.98 Å². The Morgan fingerprint density at radius 1 is 1.36 bits per heavy atom. The number of hydrogen-bond donors (Lipinski definition) is 2. The molecule has 1 saturated heterocycles. The van der Waals surface area contributed by atoms with E-state index < -0.39 is 0 Å². The Balaban J connectivity index is 1.66. The standard InChI is InChI=1S/C20H25BrN6O/c1-2-14-5-7-26(16(8-14)13-28)19-9-18(23-11-15-4-3-6-22-10-15)27-20(25-19)17(21)12-24-27/h3-4,6,9-10,12,14,16,23,28H,2,5,7-8,11,13H2,1H3/t14-,16?/m1/s1. The molecule has 3 aromatic heterocycles. The molecular formula is C20H25BrN6O. The van der Waals surface area contributed by atoms with Gasteiger partial charge in [0.05, 0.1) is 23.3 Å². The average Bonchev–Trinajstić information content (AvgIpc) is 3.13. The van der Waals surface area contributed by atoms with Gasteiger partial charge in [0.1, 0.15) is 11.6 Å². The van der Waals surface area contributed by atoms with Gasteiger partial charge >= 0.3 is 0 Å². The van der Waals surface area contributed by atoms with Gasteiger partial charge in [-0.25, -0.2) is 4.98 Å². The maximum absolute atomic E-state index is 9.97. The number of fused-ring (bicyclic) bond motifs is 1. The molecule has 1 aliphatic heterocycles. The first kappa shape index (κ1) is 19.1. The summed E-state index contributed by atoms with van der Waals surface area (Å²) in [5, 5.41) is 17.9. The van der Waals surface area contributed by atoms with Crippen molar-refractivity contribution in [3.05, 3.63) is 46.8 Å². The van der Waals surface area contributed by atoms with Gasteiger partial charge in [0.2, 0.25) is 0 Å². The van der Waals surface area contributed by atoms with Crippen LogP contribution >= 0.6 is 15.9 Å². The summed E-state index contributed by atoms with van der Waals surface area (Å²) >= 11 is 3.56. The Morgan fingerprint density at radius 3 is 3.00 bits per heavy atom. The third-order valence-electron chi connectivity index (χ3n) is 5.52. The van der Waals surface area contributed by atoms with E-state index in [1.807, 2.05) is 24.4 Å². The van der Waals surface area contributed by atoms with Crippen LogP contribution in [0.1, 0.15) is 31.7 Å². The number of nitrogens with one attached hydrogen (secondary N) is 1. The fraction of sp³-hybridized carbons (Fsp3) is 0.450.